The maximum atomic E-state index is 13.5. The summed E-state index contributed by atoms with van der Waals surface area (Å²) in [5.41, 5.74) is 4.60. The van der Waals surface area contributed by atoms with E-state index in [-0.39, 0.29) is 17.6 Å². The van der Waals surface area contributed by atoms with Gasteiger partial charge in [-0.15, -0.1) is 0 Å². The lowest BCUT2D eigenvalue weighted by Gasteiger charge is -2.30. The number of anilines is 2. The van der Waals surface area contributed by atoms with E-state index in [1.54, 1.807) is 31.2 Å². The Balaban J connectivity index is 1.60. The number of dihydropyridines is 1. The second-order valence-corrected chi connectivity index (χ2v) is 9.95. The zero-order chi connectivity index (χ0) is 26.4. The zero-order valence-electron chi connectivity index (χ0n) is 20.3. The minimum Gasteiger partial charge on any atom is -0.353 e. The first-order chi connectivity index (χ1) is 17.9. The molecule has 0 unspecified atom stereocenters. The number of carbonyl (C=O) groups is 2. The summed E-state index contributed by atoms with van der Waals surface area (Å²) in [5, 5.41) is 20.3. The molecule has 0 spiro atoms. The lowest BCUT2D eigenvalue weighted by Crippen LogP contribution is -2.31. The average molecular weight is 529 g/mol. The van der Waals surface area contributed by atoms with Gasteiger partial charge in [0.25, 0.3) is 5.91 Å². The summed E-state index contributed by atoms with van der Waals surface area (Å²) in [4.78, 5) is 26.1. The molecule has 3 aromatic rings. The van der Waals surface area contributed by atoms with Crippen molar-refractivity contribution < 1.29 is 9.59 Å². The number of thioether (sulfide) groups is 1. The second kappa shape index (κ2) is 11.8. The highest BCUT2D eigenvalue weighted by atomic mass is 35.5. The van der Waals surface area contributed by atoms with Crippen LogP contribution < -0.4 is 16.0 Å². The molecule has 2 amide bonds. The van der Waals surface area contributed by atoms with Crippen LogP contribution in [0.25, 0.3) is 0 Å². The Morgan fingerprint density at radius 2 is 1.70 bits per heavy atom. The first-order valence-corrected chi connectivity index (χ1v) is 13.0. The highest BCUT2D eigenvalue weighted by molar-refractivity contribution is 8.03. The van der Waals surface area contributed by atoms with E-state index in [0.717, 1.165) is 16.8 Å². The summed E-state index contributed by atoms with van der Waals surface area (Å²) in [6.45, 7) is 3.76. The molecule has 4 rings (SSSR count). The van der Waals surface area contributed by atoms with Crippen LogP contribution in [0.3, 0.4) is 0 Å². The fourth-order valence-corrected chi connectivity index (χ4v) is 5.11. The molecule has 0 aliphatic carbocycles. The highest BCUT2D eigenvalue weighted by Gasteiger charge is 2.34. The van der Waals surface area contributed by atoms with Gasteiger partial charge in [-0.2, -0.15) is 5.26 Å². The minimum atomic E-state index is -0.595. The summed E-state index contributed by atoms with van der Waals surface area (Å²) in [6, 6.07) is 26.1. The van der Waals surface area contributed by atoms with E-state index in [1.807, 2.05) is 61.5 Å². The van der Waals surface area contributed by atoms with Gasteiger partial charge < -0.3 is 16.0 Å². The number of benzene rings is 3. The third-order valence-electron chi connectivity index (χ3n) is 5.78. The smallest absolute Gasteiger partial charge is 0.254 e. The van der Waals surface area contributed by atoms with Crippen molar-refractivity contribution in [2.45, 2.75) is 19.8 Å². The summed E-state index contributed by atoms with van der Waals surface area (Å²) in [6.07, 6.45) is 0. The van der Waals surface area contributed by atoms with Gasteiger partial charge in [0, 0.05) is 27.7 Å². The van der Waals surface area contributed by atoms with Crippen molar-refractivity contribution >= 4 is 46.6 Å². The highest BCUT2D eigenvalue weighted by Crippen LogP contribution is 2.41. The van der Waals surface area contributed by atoms with E-state index in [9.17, 15) is 14.9 Å². The van der Waals surface area contributed by atoms with E-state index in [1.165, 1.54) is 11.8 Å². The van der Waals surface area contributed by atoms with Gasteiger partial charge >= 0.3 is 0 Å². The normalized spacial score (nSPS) is 15.0. The number of nitriles is 1. The van der Waals surface area contributed by atoms with Gasteiger partial charge in [-0.1, -0.05) is 65.8 Å². The molecule has 1 heterocycles. The van der Waals surface area contributed by atoms with Crippen LogP contribution in [0, 0.1) is 18.3 Å². The number of nitrogens with zero attached hydrogens (tertiary/aromatic N) is 1. The molecule has 37 heavy (non-hydrogen) atoms. The molecular formula is C29H25ClN4O2S. The standard InChI is InChI=1S/C29H25ClN4O2S/c1-18-7-6-10-23(15-18)33-25(35)17-37-29-24(16-31)27(20-8-4-3-5-9-20)26(19(2)32-29)28(36)34-22-13-11-21(30)12-14-22/h3-15,27,32H,17H2,1-2H3,(H,33,35)(H,34,36)/t27-/m1/s1. The zero-order valence-corrected chi connectivity index (χ0v) is 21.9. The van der Waals surface area contributed by atoms with Crippen molar-refractivity contribution in [1.82, 2.24) is 5.32 Å². The molecule has 3 N–H and O–H groups in total. The van der Waals surface area contributed by atoms with Crippen LogP contribution in [0.15, 0.2) is 101 Å². The lowest BCUT2D eigenvalue weighted by molar-refractivity contribution is -0.114. The lowest BCUT2D eigenvalue weighted by atomic mass is 9.82. The molecule has 186 valence electrons. The number of aryl methyl sites for hydroxylation is 1. The summed E-state index contributed by atoms with van der Waals surface area (Å²) in [7, 11) is 0. The van der Waals surface area contributed by atoms with Crippen LogP contribution in [-0.4, -0.2) is 17.6 Å². The molecule has 0 saturated heterocycles. The van der Waals surface area contributed by atoms with Crippen molar-refractivity contribution in [2.24, 2.45) is 0 Å². The Kier molecular flexibility index (Phi) is 8.34. The van der Waals surface area contributed by atoms with E-state index >= 15 is 0 Å². The Hall–Kier alpha value is -3.99. The third-order valence-corrected chi connectivity index (χ3v) is 7.05. The van der Waals surface area contributed by atoms with Crippen LogP contribution >= 0.6 is 23.4 Å². The number of rotatable bonds is 7. The first-order valence-electron chi connectivity index (χ1n) is 11.6. The van der Waals surface area contributed by atoms with Crippen molar-refractivity contribution in [1.29, 1.82) is 5.26 Å². The Labute approximate surface area is 225 Å². The number of allylic oxidation sites excluding steroid dienone is 2. The Morgan fingerprint density at radius 1 is 0.973 bits per heavy atom. The largest absolute Gasteiger partial charge is 0.353 e. The molecule has 0 saturated carbocycles. The maximum absolute atomic E-state index is 13.5. The molecule has 1 atom stereocenters. The molecule has 6 nitrogen and oxygen atoms in total. The van der Waals surface area contributed by atoms with E-state index in [0.29, 0.717) is 32.6 Å². The van der Waals surface area contributed by atoms with E-state index in [4.69, 9.17) is 11.6 Å². The van der Waals surface area contributed by atoms with Gasteiger partial charge in [0.15, 0.2) is 0 Å². The predicted octanol–water partition coefficient (Wildman–Crippen LogP) is 6.36. The van der Waals surface area contributed by atoms with E-state index < -0.39 is 5.92 Å². The number of halogens is 1. The van der Waals surface area contributed by atoms with Crippen LogP contribution in [-0.2, 0) is 9.59 Å². The number of amides is 2. The first kappa shape index (κ1) is 26.1. The van der Waals surface area contributed by atoms with Crippen molar-refractivity contribution in [3.05, 3.63) is 117 Å². The molecule has 0 radical (unpaired) electrons. The average Bonchev–Trinajstić information content (AvgIpc) is 2.88. The molecule has 3 aromatic carbocycles. The van der Waals surface area contributed by atoms with Crippen molar-refractivity contribution in [3.63, 3.8) is 0 Å². The maximum Gasteiger partial charge on any atom is 0.254 e. The summed E-state index contributed by atoms with van der Waals surface area (Å²) >= 11 is 7.21. The molecule has 0 aromatic heterocycles. The van der Waals surface area contributed by atoms with Crippen LogP contribution in [0.4, 0.5) is 11.4 Å². The van der Waals surface area contributed by atoms with Gasteiger partial charge in [-0.05, 0) is 61.4 Å². The van der Waals surface area contributed by atoms with Crippen molar-refractivity contribution in [2.75, 3.05) is 16.4 Å². The quantitative estimate of drug-likeness (QED) is 0.332. The molecule has 8 heteroatoms. The summed E-state index contributed by atoms with van der Waals surface area (Å²) < 4.78 is 0. The van der Waals surface area contributed by atoms with Crippen LogP contribution in [0.2, 0.25) is 5.02 Å². The SMILES string of the molecule is CC1=C(C(=O)Nc2ccc(Cl)cc2)[C@H](c2ccccc2)C(C#N)=C(SCC(=O)Nc2cccc(C)c2)N1. The Bertz CT molecular complexity index is 1430. The predicted molar refractivity (Wildman–Crippen MR) is 150 cm³/mol. The van der Waals surface area contributed by atoms with Crippen LogP contribution in [0.5, 0.6) is 0 Å². The second-order valence-electron chi connectivity index (χ2n) is 8.53. The number of hydrogen-bond donors (Lipinski definition) is 3. The molecule has 0 bridgehead atoms. The molecule has 1 aliphatic heterocycles. The van der Waals surface area contributed by atoms with Gasteiger partial charge in [-0.25, -0.2) is 0 Å². The van der Waals surface area contributed by atoms with Crippen LogP contribution in [0.1, 0.15) is 24.0 Å². The van der Waals surface area contributed by atoms with Crippen molar-refractivity contribution in [3.8, 4) is 6.07 Å². The number of carbonyl (C=O) groups excluding carboxylic acids is 2. The van der Waals surface area contributed by atoms with Gasteiger partial charge in [0.2, 0.25) is 5.91 Å². The Morgan fingerprint density at radius 3 is 2.38 bits per heavy atom. The topological polar surface area (TPSA) is 94.0 Å². The number of hydrogen-bond acceptors (Lipinski definition) is 5. The molecule has 0 fully saturated rings. The third kappa shape index (κ3) is 6.42. The monoisotopic (exact) mass is 528 g/mol. The van der Waals surface area contributed by atoms with Gasteiger partial charge in [-0.3, -0.25) is 9.59 Å². The fraction of sp³-hybridized carbons (Fsp3) is 0.138. The minimum absolute atomic E-state index is 0.0998. The van der Waals surface area contributed by atoms with E-state index in [2.05, 4.69) is 22.0 Å². The molecule has 1 aliphatic rings. The van der Waals surface area contributed by atoms with Gasteiger partial charge in [0.1, 0.15) is 0 Å². The molecular weight excluding hydrogens is 504 g/mol. The van der Waals surface area contributed by atoms with Gasteiger partial charge in [0.05, 0.1) is 28.3 Å². The fourth-order valence-electron chi connectivity index (χ4n) is 4.10. The number of nitrogens with one attached hydrogen (secondary N) is 3. The summed E-state index contributed by atoms with van der Waals surface area (Å²) in [5.74, 6) is -1.01.